The number of carbonyl (C=O) groups excluding carboxylic acids is 1. The minimum absolute atomic E-state index is 0.123. The molecule has 0 bridgehead atoms. The number of aromatic carboxylic acids is 1. The number of pyridine rings is 1. The Hall–Kier alpha value is -2.77. The van der Waals surface area contributed by atoms with E-state index in [1.165, 1.54) is 18.3 Å². The predicted molar refractivity (Wildman–Crippen MR) is 66.1 cm³/mol. The first-order valence-electron chi connectivity index (χ1n) is 5.78. The summed E-state index contributed by atoms with van der Waals surface area (Å²) in [5.74, 6) is -0.774. The average Bonchev–Trinajstić information content (AvgIpc) is 2.85. The number of nitrogens with one attached hydrogen (secondary N) is 1. The van der Waals surface area contributed by atoms with Crippen molar-refractivity contribution in [1.29, 1.82) is 0 Å². The van der Waals surface area contributed by atoms with Gasteiger partial charge in [-0.3, -0.25) is 4.79 Å². The highest BCUT2D eigenvalue weighted by molar-refractivity contribution is 5.95. The topological polar surface area (TPSA) is 118 Å². The van der Waals surface area contributed by atoms with Crippen LogP contribution in [0.25, 0.3) is 0 Å². The molecule has 0 saturated heterocycles. The molecule has 0 fully saturated rings. The summed E-state index contributed by atoms with van der Waals surface area (Å²) in [7, 11) is 0. The molecule has 0 saturated carbocycles. The maximum absolute atomic E-state index is 11.9. The van der Waals surface area contributed by atoms with Gasteiger partial charge in [-0.15, -0.1) is 0 Å². The molecular weight excluding hydrogens is 264 g/mol. The van der Waals surface area contributed by atoms with Gasteiger partial charge in [0.2, 0.25) is 5.89 Å². The maximum atomic E-state index is 11.9. The van der Waals surface area contributed by atoms with E-state index >= 15 is 0 Å². The fourth-order valence-corrected chi connectivity index (χ4v) is 1.49. The third-order valence-electron chi connectivity index (χ3n) is 2.51. The average molecular weight is 276 g/mol. The number of aromatic nitrogens is 3. The van der Waals surface area contributed by atoms with Crippen LogP contribution in [0.1, 0.15) is 45.5 Å². The van der Waals surface area contributed by atoms with Crippen LogP contribution >= 0.6 is 0 Å². The Morgan fingerprint density at radius 3 is 2.65 bits per heavy atom. The van der Waals surface area contributed by atoms with Crippen LogP contribution in [0.2, 0.25) is 0 Å². The molecule has 0 aliphatic carbocycles. The summed E-state index contributed by atoms with van der Waals surface area (Å²) >= 11 is 0. The monoisotopic (exact) mass is 276 g/mol. The number of nitrogens with zero attached hydrogens (tertiary/aromatic N) is 3. The Kier molecular flexibility index (Phi) is 3.74. The molecule has 2 aromatic rings. The van der Waals surface area contributed by atoms with Gasteiger partial charge in [0, 0.05) is 6.20 Å². The second-order valence-corrected chi connectivity index (χ2v) is 4.11. The van der Waals surface area contributed by atoms with E-state index in [1.807, 2.05) is 0 Å². The summed E-state index contributed by atoms with van der Waals surface area (Å²) in [5, 5.41) is 15.0. The molecule has 104 valence electrons. The number of amides is 1. The van der Waals surface area contributed by atoms with E-state index in [9.17, 15) is 9.59 Å². The SMILES string of the molecule is Cc1noc(C(C)NC(=O)c2ccc(C(=O)O)nc2)n1. The molecule has 0 aliphatic rings. The van der Waals surface area contributed by atoms with Crippen LogP contribution in [0.4, 0.5) is 0 Å². The van der Waals surface area contributed by atoms with E-state index in [2.05, 4.69) is 20.4 Å². The largest absolute Gasteiger partial charge is 0.477 e. The molecule has 1 amide bonds. The van der Waals surface area contributed by atoms with Gasteiger partial charge in [-0.05, 0) is 26.0 Å². The highest BCUT2D eigenvalue weighted by Gasteiger charge is 2.17. The van der Waals surface area contributed by atoms with E-state index in [0.717, 1.165) is 0 Å². The molecule has 1 unspecified atom stereocenters. The summed E-state index contributed by atoms with van der Waals surface area (Å²) in [6.45, 7) is 3.37. The fraction of sp³-hybridized carbons (Fsp3) is 0.250. The van der Waals surface area contributed by atoms with Crippen molar-refractivity contribution in [3.05, 3.63) is 41.3 Å². The molecule has 8 heteroatoms. The fourth-order valence-electron chi connectivity index (χ4n) is 1.49. The summed E-state index contributed by atoms with van der Waals surface area (Å²) in [6.07, 6.45) is 1.20. The second kappa shape index (κ2) is 5.47. The van der Waals surface area contributed by atoms with Crippen LogP contribution in [0.3, 0.4) is 0 Å². The van der Waals surface area contributed by atoms with Gasteiger partial charge in [-0.1, -0.05) is 5.16 Å². The predicted octanol–water partition coefficient (Wildman–Crippen LogP) is 0.962. The normalized spacial score (nSPS) is 11.9. The Bertz CT molecular complexity index is 635. The lowest BCUT2D eigenvalue weighted by atomic mass is 10.2. The van der Waals surface area contributed by atoms with Crippen LogP contribution in [-0.2, 0) is 0 Å². The van der Waals surface area contributed by atoms with Crippen molar-refractivity contribution >= 4 is 11.9 Å². The third-order valence-corrected chi connectivity index (χ3v) is 2.51. The zero-order valence-electron chi connectivity index (χ0n) is 10.8. The van der Waals surface area contributed by atoms with Crippen LogP contribution in [0.5, 0.6) is 0 Å². The van der Waals surface area contributed by atoms with E-state index in [-0.39, 0.29) is 11.3 Å². The molecular formula is C12H12N4O4. The Morgan fingerprint density at radius 2 is 2.15 bits per heavy atom. The van der Waals surface area contributed by atoms with E-state index in [0.29, 0.717) is 11.7 Å². The van der Waals surface area contributed by atoms with Gasteiger partial charge in [-0.25, -0.2) is 9.78 Å². The first-order chi connectivity index (χ1) is 9.47. The summed E-state index contributed by atoms with van der Waals surface area (Å²) in [4.78, 5) is 30.3. The van der Waals surface area contributed by atoms with Crippen LogP contribution in [-0.4, -0.2) is 32.1 Å². The number of carboxylic acid groups (broad SMARTS) is 1. The van der Waals surface area contributed by atoms with Gasteiger partial charge >= 0.3 is 5.97 Å². The second-order valence-electron chi connectivity index (χ2n) is 4.11. The van der Waals surface area contributed by atoms with Crippen LogP contribution in [0.15, 0.2) is 22.9 Å². The molecule has 1 atom stereocenters. The number of aryl methyl sites for hydroxylation is 1. The van der Waals surface area contributed by atoms with Gasteiger partial charge in [0.15, 0.2) is 5.82 Å². The molecule has 2 heterocycles. The molecule has 0 aliphatic heterocycles. The highest BCUT2D eigenvalue weighted by Crippen LogP contribution is 2.10. The first-order valence-corrected chi connectivity index (χ1v) is 5.78. The highest BCUT2D eigenvalue weighted by atomic mass is 16.5. The molecule has 0 aromatic carbocycles. The summed E-state index contributed by atoms with van der Waals surface area (Å²) in [6, 6.07) is 2.19. The molecule has 20 heavy (non-hydrogen) atoms. The molecule has 8 nitrogen and oxygen atoms in total. The molecule has 2 aromatic heterocycles. The van der Waals surface area contributed by atoms with Gasteiger partial charge < -0.3 is 14.9 Å². The third kappa shape index (κ3) is 2.97. The van der Waals surface area contributed by atoms with Gasteiger partial charge in [-0.2, -0.15) is 4.98 Å². The number of hydrogen-bond donors (Lipinski definition) is 2. The standard InChI is InChI=1S/C12H12N4O4/c1-6(11-15-7(2)16-20-11)14-10(17)8-3-4-9(12(18)19)13-5-8/h3-6H,1-2H3,(H,14,17)(H,18,19). The maximum Gasteiger partial charge on any atom is 0.354 e. The van der Waals surface area contributed by atoms with E-state index < -0.39 is 17.9 Å². The lowest BCUT2D eigenvalue weighted by molar-refractivity contribution is 0.0689. The van der Waals surface area contributed by atoms with E-state index in [4.69, 9.17) is 9.63 Å². The zero-order chi connectivity index (χ0) is 14.7. The van der Waals surface area contributed by atoms with Crippen LogP contribution in [0, 0.1) is 6.92 Å². The Balaban J connectivity index is 2.06. The van der Waals surface area contributed by atoms with E-state index in [1.54, 1.807) is 13.8 Å². The van der Waals surface area contributed by atoms with Crippen molar-refractivity contribution in [2.24, 2.45) is 0 Å². The zero-order valence-corrected chi connectivity index (χ0v) is 10.8. The smallest absolute Gasteiger partial charge is 0.354 e. The van der Waals surface area contributed by atoms with Crippen molar-refractivity contribution in [1.82, 2.24) is 20.4 Å². The molecule has 0 radical (unpaired) electrons. The first kappa shape index (κ1) is 13.7. The Morgan fingerprint density at radius 1 is 1.40 bits per heavy atom. The van der Waals surface area contributed by atoms with Gasteiger partial charge in [0.05, 0.1) is 5.56 Å². The van der Waals surface area contributed by atoms with Crippen LogP contribution < -0.4 is 5.32 Å². The Labute approximate surface area is 113 Å². The lowest BCUT2D eigenvalue weighted by Crippen LogP contribution is -2.27. The number of carbonyl (C=O) groups is 2. The van der Waals surface area contributed by atoms with Gasteiger partial charge in [0.1, 0.15) is 11.7 Å². The van der Waals surface area contributed by atoms with Crippen molar-refractivity contribution in [3.63, 3.8) is 0 Å². The molecule has 2 rings (SSSR count). The molecule has 0 spiro atoms. The van der Waals surface area contributed by atoms with Crippen molar-refractivity contribution in [3.8, 4) is 0 Å². The van der Waals surface area contributed by atoms with Gasteiger partial charge in [0.25, 0.3) is 5.91 Å². The number of carboxylic acids is 1. The lowest BCUT2D eigenvalue weighted by Gasteiger charge is -2.09. The summed E-state index contributed by atoms with van der Waals surface area (Å²) < 4.78 is 4.94. The van der Waals surface area contributed by atoms with Crippen molar-refractivity contribution in [2.45, 2.75) is 19.9 Å². The quantitative estimate of drug-likeness (QED) is 0.853. The summed E-state index contributed by atoms with van der Waals surface area (Å²) in [5.41, 5.74) is 0.125. The number of rotatable bonds is 4. The van der Waals surface area contributed by atoms with Crippen molar-refractivity contribution < 1.29 is 19.2 Å². The van der Waals surface area contributed by atoms with Crippen molar-refractivity contribution in [2.75, 3.05) is 0 Å². The number of hydrogen-bond acceptors (Lipinski definition) is 6. The minimum atomic E-state index is -1.15. The minimum Gasteiger partial charge on any atom is -0.477 e. The molecule has 2 N–H and O–H groups in total.